The number of fused-ring (bicyclic) bond motifs is 8. The Labute approximate surface area is 234 Å². The first kappa shape index (κ1) is 27.6. The number of phenolic OH excluding ortho intramolecular Hbond substituents is 2. The van der Waals surface area contributed by atoms with E-state index in [0.29, 0.717) is 0 Å². The van der Waals surface area contributed by atoms with E-state index in [-0.39, 0.29) is 52.0 Å². The molecule has 7 atom stereocenters. The highest BCUT2D eigenvalue weighted by Gasteiger charge is 2.59. The number of esters is 1. The summed E-state index contributed by atoms with van der Waals surface area (Å²) in [7, 11) is 4.49. The molecule has 5 N–H and O–H groups in total. The average Bonchev–Trinajstić information content (AvgIpc) is 2.89. The van der Waals surface area contributed by atoms with Crippen LogP contribution in [0.15, 0.2) is 12.1 Å². The van der Waals surface area contributed by atoms with Crippen molar-refractivity contribution in [2.75, 3.05) is 21.2 Å². The van der Waals surface area contributed by atoms with E-state index in [0.717, 1.165) is 7.11 Å². The van der Waals surface area contributed by atoms with Crippen LogP contribution >= 0.6 is 0 Å². The first-order valence-electron chi connectivity index (χ1n) is 13.2. The lowest BCUT2D eigenvalue weighted by Gasteiger charge is -2.53. The number of nitrogens with zero attached hydrogens (tertiary/aromatic N) is 1. The molecule has 1 fully saturated rings. The second-order valence-electron chi connectivity index (χ2n) is 11.8. The van der Waals surface area contributed by atoms with E-state index in [9.17, 15) is 39.9 Å². The van der Waals surface area contributed by atoms with Crippen LogP contribution in [0.25, 0.3) is 0 Å². The van der Waals surface area contributed by atoms with Crippen molar-refractivity contribution in [1.82, 2.24) is 4.90 Å². The fourth-order valence-electron chi connectivity index (χ4n) is 6.94. The summed E-state index contributed by atoms with van der Waals surface area (Å²) in [5.74, 6) is -4.92. The predicted molar refractivity (Wildman–Crippen MR) is 139 cm³/mol. The lowest BCUT2D eigenvalue weighted by atomic mass is 9.69. The summed E-state index contributed by atoms with van der Waals surface area (Å²) in [5.41, 5.74) is -3.95. The van der Waals surface area contributed by atoms with Gasteiger partial charge in [0.15, 0.2) is 5.78 Å². The molecule has 2 bridgehead atoms. The molecule has 12 heteroatoms. The molecule has 0 saturated carbocycles. The minimum Gasteiger partial charge on any atom is -0.507 e. The summed E-state index contributed by atoms with van der Waals surface area (Å²) >= 11 is 0. The van der Waals surface area contributed by atoms with Crippen molar-refractivity contribution in [3.8, 4) is 17.2 Å². The van der Waals surface area contributed by atoms with Crippen LogP contribution < -0.4 is 4.74 Å². The third-order valence-electron chi connectivity index (χ3n) is 9.12. The molecule has 0 radical (unpaired) electrons. The molecule has 0 unspecified atom stereocenters. The van der Waals surface area contributed by atoms with Gasteiger partial charge in [0.1, 0.15) is 41.0 Å². The van der Waals surface area contributed by atoms with Gasteiger partial charge in [0.2, 0.25) is 12.1 Å². The molecule has 4 aliphatic rings. The van der Waals surface area contributed by atoms with Crippen LogP contribution in [-0.2, 0) is 26.3 Å². The molecule has 2 aromatic carbocycles. The molecular weight excluding hydrogens is 538 g/mol. The summed E-state index contributed by atoms with van der Waals surface area (Å²) in [4.78, 5) is 42.4. The third kappa shape index (κ3) is 3.48. The van der Waals surface area contributed by atoms with Crippen LogP contribution in [0.3, 0.4) is 0 Å². The fraction of sp³-hybridized carbons (Fsp3) is 0.483. The number of aliphatic hydroxyl groups is 3. The number of ether oxygens (including phenoxy) is 3. The Bertz CT molecular complexity index is 1550. The number of benzene rings is 2. The Morgan fingerprint density at radius 2 is 1.76 bits per heavy atom. The zero-order valence-corrected chi connectivity index (χ0v) is 23.1. The second kappa shape index (κ2) is 8.73. The molecule has 41 heavy (non-hydrogen) atoms. The number of phenols is 2. The molecule has 0 spiro atoms. The van der Waals surface area contributed by atoms with E-state index in [1.807, 2.05) is 0 Å². The SMILES string of the molecule is COC(=O)[C@@H]1c2cc3c(c(O)c2CC[C@]1(C)O)C(=O)c1c(O)cc2c(c1C3=O)O[C@@H]1O[C@@]2(C)[C@H](O)[C@@H](N(C)C)[C@@H]1O. The number of rotatable bonds is 2. The Kier molecular flexibility index (Phi) is 5.88. The topological polar surface area (TPSA) is 183 Å². The first-order valence-corrected chi connectivity index (χ1v) is 13.2. The van der Waals surface area contributed by atoms with Crippen LogP contribution in [0.1, 0.15) is 74.7 Å². The Hall–Kier alpha value is -3.55. The van der Waals surface area contributed by atoms with Gasteiger partial charge in [0.25, 0.3) is 0 Å². The molecule has 2 aromatic rings. The highest BCUT2D eigenvalue weighted by Crippen LogP contribution is 2.54. The largest absolute Gasteiger partial charge is 0.507 e. The smallest absolute Gasteiger partial charge is 0.316 e. The minimum atomic E-state index is -1.56. The molecule has 6 rings (SSSR count). The van der Waals surface area contributed by atoms with Crippen LogP contribution in [0.4, 0.5) is 0 Å². The number of aromatic hydroxyl groups is 2. The van der Waals surface area contributed by atoms with Crippen molar-refractivity contribution in [2.45, 2.75) is 68.3 Å². The molecular formula is C29H31NO11. The molecule has 2 heterocycles. The van der Waals surface area contributed by atoms with E-state index in [4.69, 9.17) is 14.2 Å². The maximum absolute atomic E-state index is 14.2. The minimum absolute atomic E-state index is 0.0794. The number of aliphatic hydroxyl groups excluding tert-OH is 2. The van der Waals surface area contributed by atoms with Gasteiger partial charge in [-0.25, -0.2) is 0 Å². The monoisotopic (exact) mass is 569 g/mol. The molecule has 2 aliphatic carbocycles. The van der Waals surface area contributed by atoms with E-state index in [1.165, 1.54) is 26.0 Å². The molecule has 0 aromatic heterocycles. The van der Waals surface area contributed by atoms with Crippen molar-refractivity contribution in [3.63, 3.8) is 0 Å². The highest BCUT2D eigenvalue weighted by atomic mass is 16.7. The average molecular weight is 570 g/mol. The van der Waals surface area contributed by atoms with Gasteiger partial charge in [-0.15, -0.1) is 0 Å². The number of hydrogen-bond acceptors (Lipinski definition) is 12. The van der Waals surface area contributed by atoms with E-state index < -0.39 is 76.3 Å². The van der Waals surface area contributed by atoms with Crippen molar-refractivity contribution in [2.24, 2.45) is 0 Å². The summed E-state index contributed by atoms with van der Waals surface area (Å²) in [6, 6.07) is 1.66. The van der Waals surface area contributed by atoms with Gasteiger partial charge in [0, 0.05) is 11.1 Å². The van der Waals surface area contributed by atoms with Gasteiger partial charge in [0.05, 0.1) is 35.4 Å². The van der Waals surface area contributed by atoms with E-state index in [1.54, 1.807) is 19.0 Å². The lowest BCUT2D eigenvalue weighted by molar-refractivity contribution is -0.311. The first-order chi connectivity index (χ1) is 19.2. The Morgan fingerprint density at radius 3 is 2.39 bits per heavy atom. The predicted octanol–water partition coefficient (Wildman–Crippen LogP) is 0.443. The zero-order valence-electron chi connectivity index (χ0n) is 23.1. The van der Waals surface area contributed by atoms with Crippen LogP contribution in [0, 0.1) is 0 Å². The Balaban J connectivity index is 1.59. The van der Waals surface area contributed by atoms with Gasteiger partial charge in [-0.05, 0) is 64.0 Å². The molecule has 2 aliphatic heterocycles. The van der Waals surface area contributed by atoms with Crippen LogP contribution in [0.2, 0.25) is 0 Å². The van der Waals surface area contributed by atoms with Crippen molar-refractivity contribution in [1.29, 1.82) is 0 Å². The second-order valence-corrected chi connectivity index (χ2v) is 11.8. The highest BCUT2D eigenvalue weighted by molar-refractivity contribution is 6.31. The lowest BCUT2D eigenvalue weighted by Crippen LogP contribution is -2.68. The summed E-state index contributed by atoms with van der Waals surface area (Å²) in [6.45, 7) is 2.99. The van der Waals surface area contributed by atoms with Gasteiger partial charge < -0.3 is 44.6 Å². The number of carbonyl (C=O) groups is 3. The number of carbonyl (C=O) groups excluding carboxylic acids is 3. The molecule has 12 nitrogen and oxygen atoms in total. The number of ketones is 2. The van der Waals surface area contributed by atoms with Crippen molar-refractivity contribution >= 4 is 17.5 Å². The standard InChI is InChI=1S/C29H31NO11/c1-28(38)7-6-10-11(18(28)26(37)39-5)8-12-15(20(10)32)22(34)16-14(31)9-13-24(17(16)21(12)33)40-27-23(35)19(30(3)4)25(36)29(13,2)41-27/h8-9,18-19,23,25,27,31-32,35-36,38H,6-7H2,1-5H3/t18-,19-,23-,25+,27+,28-,29+/m0/s1. The Morgan fingerprint density at radius 1 is 1.07 bits per heavy atom. The normalized spacial score (nSPS) is 33.3. The maximum Gasteiger partial charge on any atom is 0.316 e. The van der Waals surface area contributed by atoms with Gasteiger partial charge in [-0.3, -0.25) is 14.4 Å². The fourth-order valence-corrected chi connectivity index (χ4v) is 6.94. The third-order valence-corrected chi connectivity index (χ3v) is 9.12. The summed E-state index contributed by atoms with van der Waals surface area (Å²) < 4.78 is 16.8. The quantitative estimate of drug-likeness (QED) is 0.269. The van der Waals surface area contributed by atoms with Crippen LogP contribution in [0.5, 0.6) is 17.2 Å². The summed E-state index contributed by atoms with van der Waals surface area (Å²) in [6.07, 6.45) is -3.80. The van der Waals surface area contributed by atoms with Crippen molar-refractivity contribution < 1.29 is 54.1 Å². The zero-order chi connectivity index (χ0) is 29.9. The van der Waals surface area contributed by atoms with Gasteiger partial charge in [-0.2, -0.15) is 0 Å². The molecule has 1 saturated heterocycles. The number of methoxy groups -OCH3 is 1. The number of likely N-dealkylation sites (N-methyl/N-ethyl adjacent to an activating group) is 1. The van der Waals surface area contributed by atoms with Crippen LogP contribution in [-0.4, -0.2) is 99.3 Å². The molecule has 218 valence electrons. The van der Waals surface area contributed by atoms with Crippen molar-refractivity contribution in [3.05, 3.63) is 51.1 Å². The van der Waals surface area contributed by atoms with Gasteiger partial charge in [-0.1, -0.05) is 0 Å². The number of hydrogen-bond donors (Lipinski definition) is 5. The van der Waals surface area contributed by atoms with E-state index in [2.05, 4.69) is 0 Å². The maximum atomic E-state index is 14.2. The van der Waals surface area contributed by atoms with E-state index >= 15 is 0 Å². The molecule has 0 amide bonds. The van der Waals surface area contributed by atoms with Gasteiger partial charge >= 0.3 is 5.97 Å². The summed E-state index contributed by atoms with van der Waals surface area (Å²) in [5, 5.41) is 55.7.